The van der Waals surface area contributed by atoms with Gasteiger partial charge in [-0.15, -0.1) is 0 Å². The Hall–Kier alpha value is -2.17. The molecule has 0 aromatic heterocycles. The summed E-state index contributed by atoms with van der Waals surface area (Å²) >= 11 is 0. The maximum Gasteiger partial charge on any atom is 0.331 e. The van der Waals surface area contributed by atoms with Crippen LogP contribution < -0.4 is 0 Å². The lowest BCUT2D eigenvalue weighted by Crippen LogP contribution is -2.22. The van der Waals surface area contributed by atoms with Crippen molar-refractivity contribution in [3.63, 3.8) is 0 Å². The highest BCUT2D eigenvalue weighted by Crippen LogP contribution is 2.19. The quantitative estimate of drug-likeness (QED) is 0.357. The number of nitrogens with zero attached hydrogens (tertiary/aromatic N) is 1. The van der Waals surface area contributed by atoms with Crippen LogP contribution in [0.4, 0.5) is 5.69 Å². The topological polar surface area (TPSA) is 69.4 Å². The highest BCUT2D eigenvalue weighted by Gasteiger charge is 2.15. The van der Waals surface area contributed by atoms with Gasteiger partial charge in [0, 0.05) is 12.1 Å². The Balaban J connectivity index is 2.85. The van der Waals surface area contributed by atoms with Crippen LogP contribution in [-0.2, 0) is 9.53 Å². The van der Waals surface area contributed by atoms with Gasteiger partial charge in [-0.25, -0.2) is 4.79 Å². The van der Waals surface area contributed by atoms with Crippen LogP contribution in [0.3, 0.4) is 0 Å². The van der Waals surface area contributed by atoms with E-state index in [0.717, 1.165) is 0 Å². The van der Waals surface area contributed by atoms with Crippen LogP contribution >= 0.6 is 0 Å². The number of hydrogen-bond acceptors (Lipinski definition) is 4. The number of para-hydroxylation sites is 1. The van der Waals surface area contributed by atoms with E-state index < -0.39 is 16.5 Å². The highest BCUT2D eigenvalue weighted by molar-refractivity contribution is 5.88. The third-order valence-electron chi connectivity index (χ3n) is 1.94. The summed E-state index contributed by atoms with van der Waals surface area (Å²) in [4.78, 5) is 21.7. The van der Waals surface area contributed by atoms with Crippen LogP contribution in [0.2, 0.25) is 0 Å². The summed E-state index contributed by atoms with van der Waals surface area (Å²) in [5.74, 6) is -0.527. The van der Waals surface area contributed by atoms with Crippen molar-refractivity contribution < 1.29 is 14.5 Å². The molecule has 0 spiro atoms. The van der Waals surface area contributed by atoms with Gasteiger partial charge < -0.3 is 4.74 Å². The molecule has 0 unspecified atom stereocenters. The first-order valence-electron chi connectivity index (χ1n) is 5.44. The Morgan fingerprint density at radius 3 is 2.50 bits per heavy atom. The summed E-state index contributed by atoms with van der Waals surface area (Å²) in [6, 6.07) is 6.19. The van der Waals surface area contributed by atoms with Gasteiger partial charge in [-0.2, -0.15) is 0 Å². The molecule has 1 aromatic rings. The lowest BCUT2D eigenvalue weighted by atomic mass is 10.1. The monoisotopic (exact) mass is 249 g/mol. The Morgan fingerprint density at radius 2 is 1.94 bits per heavy atom. The Morgan fingerprint density at radius 1 is 1.33 bits per heavy atom. The number of rotatable bonds is 3. The van der Waals surface area contributed by atoms with E-state index in [4.69, 9.17) is 4.74 Å². The van der Waals surface area contributed by atoms with E-state index in [2.05, 4.69) is 0 Å². The molecule has 0 atom stereocenters. The number of hydrogen-bond donors (Lipinski definition) is 0. The van der Waals surface area contributed by atoms with Crippen molar-refractivity contribution >= 4 is 17.7 Å². The number of nitro groups is 1. The van der Waals surface area contributed by atoms with Gasteiger partial charge in [0.2, 0.25) is 0 Å². The molecule has 0 bridgehead atoms. The second-order valence-electron chi connectivity index (χ2n) is 4.68. The SMILES string of the molecule is CC(C)(C)OC(=O)/C=C/c1ccccc1[N+](=O)[O-]. The molecular weight excluding hydrogens is 234 g/mol. The average molecular weight is 249 g/mol. The van der Waals surface area contributed by atoms with E-state index in [1.807, 2.05) is 0 Å². The van der Waals surface area contributed by atoms with Crippen molar-refractivity contribution in [2.24, 2.45) is 0 Å². The maximum atomic E-state index is 11.4. The fourth-order valence-electron chi connectivity index (χ4n) is 1.29. The number of carbonyl (C=O) groups is 1. The molecule has 0 aliphatic carbocycles. The van der Waals surface area contributed by atoms with Gasteiger partial charge in [0.25, 0.3) is 5.69 Å². The molecule has 0 radical (unpaired) electrons. The molecule has 0 heterocycles. The number of benzene rings is 1. The summed E-state index contributed by atoms with van der Waals surface area (Å²) < 4.78 is 5.06. The molecule has 96 valence electrons. The fourth-order valence-corrected chi connectivity index (χ4v) is 1.29. The van der Waals surface area contributed by atoms with Gasteiger partial charge in [-0.1, -0.05) is 12.1 Å². The second-order valence-corrected chi connectivity index (χ2v) is 4.68. The third-order valence-corrected chi connectivity index (χ3v) is 1.94. The summed E-state index contributed by atoms with van der Waals surface area (Å²) in [6.07, 6.45) is 2.57. The zero-order valence-corrected chi connectivity index (χ0v) is 10.5. The van der Waals surface area contributed by atoms with Gasteiger partial charge >= 0.3 is 5.97 Å². The molecule has 0 fully saturated rings. The molecule has 1 rings (SSSR count). The van der Waals surface area contributed by atoms with E-state index in [9.17, 15) is 14.9 Å². The van der Waals surface area contributed by atoms with Gasteiger partial charge in [-0.05, 0) is 32.9 Å². The van der Waals surface area contributed by atoms with Gasteiger partial charge in [0.05, 0.1) is 10.5 Å². The maximum absolute atomic E-state index is 11.4. The first-order chi connectivity index (χ1) is 8.29. The minimum Gasteiger partial charge on any atom is -0.457 e. The first kappa shape index (κ1) is 13.9. The molecule has 0 saturated carbocycles. The van der Waals surface area contributed by atoms with Crippen molar-refractivity contribution in [1.82, 2.24) is 0 Å². The van der Waals surface area contributed by atoms with Crippen LogP contribution in [0, 0.1) is 10.1 Å². The number of esters is 1. The van der Waals surface area contributed by atoms with Gasteiger partial charge in [-0.3, -0.25) is 10.1 Å². The number of ether oxygens (including phenoxy) is 1. The Labute approximate surface area is 105 Å². The lowest BCUT2D eigenvalue weighted by Gasteiger charge is -2.17. The van der Waals surface area contributed by atoms with Gasteiger partial charge in [0.15, 0.2) is 0 Å². The molecular formula is C13H15NO4. The van der Waals surface area contributed by atoms with E-state index in [0.29, 0.717) is 5.56 Å². The zero-order chi connectivity index (χ0) is 13.8. The van der Waals surface area contributed by atoms with Crippen LogP contribution in [0.5, 0.6) is 0 Å². The molecule has 0 amide bonds. The average Bonchev–Trinajstić information content (AvgIpc) is 2.24. The molecule has 0 aliphatic rings. The summed E-state index contributed by atoms with van der Waals surface area (Å²) in [5.41, 5.74) is -0.255. The molecule has 5 nitrogen and oxygen atoms in total. The number of carbonyl (C=O) groups excluding carboxylic acids is 1. The first-order valence-corrected chi connectivity index (χ1v) is 5.44. The Kier molecular flexibility index (Phi) is 4.20. The minimum atomic E-state index is -0.579. The largest absolute Gasteiger partial charge is 0.457 e. The standard InChI is InChI=1S/C13H15NO4/c1-13(2,3)18-12(15)9-8-10-6-4-5-7-11(10)14(16)17/h4-9H,1-3H3/b9-8+. The fraction of sp³-hybridized carbons (Fsp3) is 0.308. The van der Waals surface area contributed by atoms with Crippen LogP contribution in [0.25, 0.3) is 6.08 Å². The molecule has 0 N–H and O–H groups in total. The van der Waals surface area contributed by atoms with Crippen molar-refractivity contribution in [1.29, 1.82) is 0 Å². The summed E-state index contributed by atoms with van der Waals surface area (Å²) in [5, 5.41) is 10.8. The summed E-state index contributed by atoms with van der Waals surface area (Å²) in [6.45, 7) is 5.26. The normalized spacial score (nSPS) is 11.5. The Bertz CT molecular complexity index is 486. The van der Waals surface area contributed by atoms with E-state index in [1.54, 1.807) is 39.0 Å². The molecule has 5 heteroatoms. The van der Waals surface area contributed by atoms with E-state index in [-0.39, 0.29) is 5.69 Å². The van der Waals surface area contributed by atoms with Crippen molar-refractivity contribution in [2.45, 2.75) is 26.4 Å². The predicted molar refractivity (Wildman–Crippen MR) is 68.0 cm³/mol. The lowest BCUT2D eigenvalue weighted by molar-refractivity contribution is -0.385. The molecule has 0 aliphatic heterocycles. The third kappa shape index (κ3) is 4.37. The molecule has 1 aromatic carbocycles. The van der Waals surface area contributed by atoms with Gasteiger partial charge in [0.1, 0.15) is 5.60 Å². The van der Waals surface area contributed by atoms with Crippen molar-refractivity contribution in [3.05, 3.63) is 46.0 Å². The van der Waals surface area contributed by atoms with Crippen molar-refractivity contribution in [2.75, 3.05) is 0 Å². The smallest absolute Gasteiger partial charge is 0.331 e. The van der Waals surface area contributed by atoms with Crippen LogP contribution in [0.15, 0.2) is 30.3 Å². The predicted octanol–water partition coefficient (Wildman–Crippen LogP) is 2.95. The molecule has 18 heavy (non-hydrogen) atoms. The zero-order valence-electron chi connectivity index (χ0n) is 10.5. The second kappa shape index (κ2) is 5.44. The van der Waals surface area contributed by atoms with E-state index >= 15 is 0 Å². The molecule has 0 saturated heterocycles. The van der Waals surface area contributed by atoms with Crippen LogP contribution in [-0.4, -0.2) is 16.5 Å². The minimum absolute atomic E-state index is 0.0442. The van der Waals surface area contributed by atoms with E-state index in [1.165, 1.54) is 18.2 Å². The number of nitro benzene ring substituents is 1. The summed E-state index contributed by atoms with van der Waals surface area (Å²) in [7, 11) is 0. The highest BCUT2D eigenvalue weighted by atomic mass is 16.6. The van der Waals surface area contributed by atoms with Crippen molar-refractivity contribution in [3.8, 4) is 0 Å². The van der Waals surface area contributed by atoms with Crippen LogP contribution in [0.1, 0.15) is 26.3 Å².